The molecule has 1 heterocycles. The van der Waals surface area contributed by atoms with Crippen molar-refractivity contribution in [2.24, 2.45) is 0 Å². The van der Waals surface area contributed by atoms with Gasteiger partial charge in [0.05, 0.1) is 5.56 Å². The number of carbonyl (C=O) groups is 1. The molecule has 0 amide bonds. The molecule has 0 radical (unpaired) electrons. The lowest BCUT2D eigenvalue weighted by molar-refractivity contribution is 0.0697. The number of nitrogens with zero attached hydrogens (tertiary/aromatic N) is 1. The Labute approximate surface area is 88.3 Å². The highest BCUT2D eigenvalue weighted by molar-refractivity contribution is 5.88. The molecule has 0 bridgehead atoms. The largest absolute Gasteiger partial charge is 0.478 e. The second-order valence-electron chi connectivity index (χ2n) is 2.84. The van der Waals surface area contributed by atoms with E-state index in [1.54, 1.807) is 6.92 Å². The fourth-order valence-corrected chi connectivity index (χ4v) is 1.04. The highest BCUT2D eigenvalue weighted by Gasteiger charge is 2.02. The Bertz CT molecular complexity index is 405. The zero-order chi connectivity index (χ0) is 11.1. The van der Waals surface area contributed by atoms with Crippen molar-refractivity contribution in [2.75, 3.05) is 11.9 Å². The van der Waals surface area contributed by atoms with E-state index in [1.165, 1.54) is 18.3 Å². The van der Waals surface area contributed by atoms with Gasteiger partial charge < -0.3 is 10.4 Å². The smallest absolute Gasteiger partial charge is 0.335 e. The molecule has 0 fully saturated rings. The van der Waals surface area contributed by atoms with Crippen molar-refractivity contribution in [1.29, 1.82) is 0 Å². The third-order valence-corrected chi connectivity index (χ3v) is 1.74. The van der Waals surface area contributed by atoms with Gasteiger partial charge in [0.2, 0.25) is 0 Å². The van der Waals surface area contributed by atoms with E-state index in [9.17, 15) is 4.79 Å². The number of pyridine rings is 1. The zero-order valence-corrected chi connectivity index (χ0v) is 8.45. The molecule has 0 spiro atoms. The number of rotatable bonds is 4. The molecule has 4 nitrogen and oxygen atoms in total. The van der Waals surface area contributed by atoms with Crippen molar-refractivity contribution < 1.29 is 9.90 Å². The van der Waals surface area contributed by atoms with E-state index in [0.717, 1.165) is 6.42 Å². The summed E-state index contributed by atoms with van der Waals surface area (Å²) in [6, 6.07) is 2.96. The summed E-state index contributed by atoms with van der Waals surface area (Å²) in [6.07, 6.45) is 2.19. The predicted octanol–water partition coefficient (Wildman–Crippen LogP) is 1.61. The van der Waals surface area contributed by atoms with E-state index in [-0.39, 0.29) is 5.56 Å². The molecule has 2 N–H and O–H groups in total. The number of carboxylic acid groups (broad SMARTS) is 1. The minimum atomic E-state index is -0.950. The average molecular weight is 204 g/mol. The Hall–Kier alpha value is -2.02. The zero-order valence-electron chi connectivity index (χ0n) is 8.45. The maximum atomic E-state index is 10.7. The Balaban J connectivity index is 2.56. The van der Waals surface area contributed by atoms with Gasteiger partial charge in [0.15, 0.2) is 0 Å². The maximum absolute atomic E-state index is 10.7. The SMILES string of the molecule is CC#CCCNc1cc(C(=O)O)ccn1. The van der Waals surface area contributed by atoms with Crippen LogP contribution in [0.1, 0.15) is 23.7 Å². The van der Waals surface area contributed by atoms with Crippen molar-refractivity contribution in [2.45, 2.75) is 13.3 Å². The summed E-state index contributed by atoms with van der Waals surface area (Å²) in [5.74, 6) is 5.29. The van der Waals surface area contributed by atoms with Gasteiger partial charge in [-0.05, 0) is 19.1 Å². The van der Waals surface area contributed by atoms with Crippen LogP contribution in [0.15, 0.2) is 18.3 Å². The van der Waals surface area contributed by atoms with E-state index in [0.29, 0.717) is 12.4 Å². The van der Waals surface area contributed by atoms with E-state index >= 15 is 0 Å². The first kappa shape index (κ1) is 11.1. The van der Waals surface area contributed by atoms with Gasteiger partial charge in [-0.3, -0.25) is 0 Å². The van der Waals surface area contributed by atoms with Crippen LogP contribution in [0, 0.1) is 11.8 Å². The van der Waals surface area contributed by atoms with Crippen LogP contribution in [0.5, 0.6) is 0 Å². The fraction of sp³-hybridized carbons (Fsp3) is 0.273. The number of hydrogen-bond donors (Lipinski definition) is 2. The summed E-state index contributed by atoms with van der Waals surface area (Å²) < 4.78 is 0. The Morgan fingerprint density at radius 3 is 3.13 bits per heavy atom. The van der Waals surface area contributed by atoms with Crippen LogP contribution < -0.4 is 5.32 Å². The Kier molecular flexibility index (Phi) is 4.17. The molecule has 1 aromatic rings. The van der Waals surface area contributed by atoms with Gasteiger partial charge in [-0.1, -0.05) is 0 Å². The van der Waals surface area contributed by atoms with Crippen molar-refractivity contribution in [3.8, 4) is 11.8 Å². The highest BCUT2D eigenvalue weighted by atomic mass is 16.4. The first-order valence-corrected chi connectivity index (χ1v) is 4.57. The normalized spacial score (nSPS) is 8.87. The summed E-state index contributed by atoms with van der Waals surface area (Å²) in [7, 11) is 0. The predicted molar refractivity (Wildman–Crippen MR) is 57.8 cm³/mol. The third kappa shape index (κ3) is 3.69. The number of aromatic carboxylic acids is 1. The highest BCUT2D eigenvalue weighted by Crippen LogP contribution is 2.06. The standard InChI is InChI=1S/C11H12N2O2/c1-2-3-4-6-12-10-8-9(11(14)15)5-7-13-10/h5,7-8H,4,6H2,1H3,(H,12,13)(H,14,15). The Morgan fingerprint density at radius 2 is 2.47 bits per heavy atom. The number of carboxylic acids is 1. The van der Waals surface area contributed by atoms with Crippen LogP contribution in [0.4, 0.5) is 5.82 Å². The van der Waals surface area contributed by atoms with Crippen molar-refractivity contribution in [3.05, 3.63) is 23.9 Å². The second kappa shape index (κ2) is 5.66. The summed E-state index contributed by atoms with van der Waals surface area (Å²) in [5, 5.41) is 11.7. The number of hydrogen-bond acceptors (Lipinski definition) is 3. The molecular weight excluding hydrogens is 192 g/mol. The number of anilines is 1. The van der Waals surface area contributed by atoms with Gasteiger partial charge >= 0.3 is 5.97 Å². The minimum absolute atomic E-state index is 0.231. The lowest BCUT2D eigenvalue weighted by atomic mass is 10.2. The third-order valence-electron chi connectivity index (χ3n) is 1.74. The molecule has 0 atom stereocenters. The lowest BCUT2D eigenvalue weighted by Crippen LogP contribution is -2.04. The molecule has 0 saturated heterocycles. The molecule has 4 heteroatoms. The number of aromatic nitrogens is 1. The van der Waals surface area contributed by atoms with Crippen LogP contribution in [-0.2, 0) is 0 Å². The van der Waals surface area contributed by atoms with Gasteiger partial charge in [-0.25, -0.2) is 9.78 Å². The molecule has 78 valence electrons. The monoisotopic (exact) mass is 204 g/mol. The molecular formula is C11H12N2O2. The molecule has 0 aliphatic carbocycles. The minimum Gasteiger partial charge on any atom is -0.478 e. The summed E-state index contributed by atoms with van der Waals surface area (Å²) in [4.78, 5) is 14.6. The summed E-state index contributed by atoms with van der Waals surface area (Å²) >= 11 is 0. The molecule has 0 saturated carbocycles. The van der Waals surface area contributed by atoms with Crippen LogP contribution in [-0.4, -0.2) is 22.6 Å². The van der Waals surface area contributed by atoms with Gasteiger partial charge in [0.25, 0.3) is 0 Å². The molecule has 0 aliphatic rings. The van der Waals surface area contributed by atoms with Crippen LogP contribution in [0.3, 0.4) is 0 Å². The van der Waals surface area contributed by atoms with Gasteiger partial charge in [-0.2, -0.15) is 0 Å². The van der Waals surface area contributed by atoms with Crippen molar-refractivity contribution in [3.63, 3.8) is 0 Å². The molecule has 1 aromatic heterocycles. The lowest BCUT2D eigenvalue weighted by Gasteiger charge is -2.03. The summed E-state index contributed by atoms with van der Waals surface area (Å²) in [5.41, 5.74) is 0.231. The first-order chi connectivity index (χ1) is 7.24. The van der Waals surface area contributed by atoms with Crippen LogP contribution >= 0.6 is 0 Å². The van der Waals surface area contributed by atoms with Gasteiger partial charge in [0.1, 0.15) is 5.82 Å². The quantitative estimate of drug-likeness (QED) is 0.577. The fourth-order valence-electron chi connectivity index (χ4n) is 1.04. The summed E-state index contributed by atoms with van der Waals surface area (Å²) in [6.45, 7) is 2.44. The van der Waals surface area contributed by atoms with E-state index in [4.69, 9.17) is 5.11 Å². The molecule has 0 aliphatic heterocycles. The van der Waals surface area contributed by atoms with Crippen LogP contribution in [0.2, 0.25) is 0 Å². The average Bonchev–Trinajstić information content (AvgIpc) is 2.25. The van der Waals surface area contributed by atoms with Crippen molar-refractivity contribution >= 4 is 11.8 Å². The molecule has 15 heavy (non-hydrogen) atoms. The number of nitrogens with one attached hydrogen (secondary N) is 1. The second-order valence-corrected chi connectivity index (χ2v) is 2.84. The van der Waals surface area contributed by atoms with Crippen molar-refractivity contribution in [1.82, 2.24) is 4.98 Å². The van der Waals surface area contributed by atoms with Gasteiger partial charge in [-0.15, -0.1) is 11.8 Å². The van der Waals surface area contributed by atoms with Crippen LogP contribution in [0.25, 0.3) is 0 Å². The topological polar surface area (TPSA) is 62.2 Å². The first-order valence-electron chi connectivity index (χ1n) is 4.57. The maximum Gasteiger partial charge on any atom is 0.335 e. The molecule has 0 aromatic carbocycles. The van der Waals surface area contributed by atoms with E-state index in [1.807, 2.05) is 0 Å². The molecule has 0 unspecified atom stereocenters. The van der Waals surface area contributed by atoms with Gasteiger partial charge in [0, 0.05) is 19.2 Å². The van der Waals surface area contributed by atoms with E-state index < -0.39 is 5.97 Å². The van der Waals surface area contributed by atoms with E-state index in [2.05, 4.69) is 22.1 Å². The Morgan fingerprint density at radius 1 is 1.67 bits per heavy atom. The molecule has 1 rings (SSSR count).